The summed E-state index contributed by atoms with van der Waals surface area (Å²) in [5.41, 5.74) is -0.206. The van der Waals surface area contributed by atoms with Crippen molar-refractivity contribution in [1.82, 2.24) is 4.90 Å². The molecule has 8 heteroatoms. The van der Waals surface area contributed by atoms with Gasteiger partial charge < -0.3 is 19.6 Å². The highest BCUT2D eigenvalue weighted by Crippen LogP contribution is 2.44. The average molecular weight is 377 g/mol. The number of carbonyl (C=O) groups is 1. The van der Waals surface area contributed by atoms with Gasteiger partial charge in [-0.2, -0.15) is 0 Å². The Morgan fingerprint density at radius 2 is 2.11 bits per heavy atom. The van der Waals surface area contributed by atoms with Gasteiger partial charge >= 0.3 is 11.8 Å². The van der Waals surface area contributed by atoms with Gasteiger partial charge in [-0.25, -0.2) is 4.79 Å². The molecule has 0 saturated carbocycles. The second-order valence-electron chi connectivity index (χ2n) is 8.76. The molecule has 8 nitrogen and oxygen atoms in total. The largest absolute Gasteiger partial charge is 0.502 e. The molecule has 3 rings (SSSR count). The number of rotatable bonds is 2. The lowest BCUT2D eigenvalue weighted by atomic mass is 9.77. The summed E-state index contributed by atoms with van der Waals surface area (Å²) in [5.74, 6) is -0.341. The number of carbonyl (C=O) groups excluding carboxylic acids is 1. The summed E-state index contributed by atoms with van der Waals surface area (Å²) in [7, 11) is 0. The van der Waals surface area contributed by atoms with Crippen LogP contribution in [-0.4, -0.2) is 52.3 Å². The van der Waals surface area contributed by atoms with Gasteiger partial charge in [-0.05, 0) is 39.7 Å². The van der Waals surface area contributed by atoms with E-state index in [2.05, 4.69) is 11.8 Å². The third kappa shape index (κ3) is 3.79. The number of piperidine rings is 1. The summed E-state index contributed by atoms with van der Waals surface area (Å²) >= 11 is 0. The highest BCUT2D eigenvalue weighted by atomic mass is 16.6. The van der Waals surface area contributed by atoms with Crippen molar-refractivity contribution in [3.63, 3.8) is 0 Å². The molecule has 1 N–H and O–H groups in total. The van der Waals surface area contributed by atoms with E-state index in [9.17, 15) is 20.0 Å². The molecule has 2 aliphatic rings. The molecule has 0 unspecified atom stereocenters. The smallest absolute Gasteiger partial charge is 0.410 e. The number of nitro benzene ring substituents is 1. The number of likely N-dealkylation sites (tertiary alicyclic amines) is 1. The maximum absolute atomic E-state index is 12.5. The van der Waals surface area contributed by atoms with Crippen molar-refractivity contribution in [2.45, 2.75) is 52.2 Å². The quantitative estimate of drug-likeness (QED) is 0.626. The van der Waals surface area contributed by atoms with Gasteiger partial charge in [-0.1, -0.05) is 6.92 Å². The molecule has 0 aliphatic carbocycles. The van der Waals surface area contributed by atoms with E-state index in [0.717, 1.165) is 25.1 Å². The van der Waals surface area contributed by atoms with E-state index >= 15 is 0 Å². The number of nitro groups is 1. The summed E-state index contributed by atoms with van der Waals surface area (Å²) in [6.07, 6.45) is 1.63. The standard InChI is InChI=1S/C19H27N3O5/c1-18(2,3)27-17(24)20-11-16-19(4,12-20)8-5-9-21(16)13-6-7-14(22(25)26)15(23)10-13/h6-7,10,16,23H,5,8-9,11-12H2,1-4H3/t16-,19+/m1/s1. The Kier molecular flexibility index (Phi) is 4.69. The van der Waals surface area contributed by atoms with E-state index < -0.39 is 10.5 Å². The van der Waals surface area contributed by atoms with Gasteiger partial charge in [0, 0.05) is 42.9 Å². The van der Waals surface area contributed by atoms with Crippen molar-refractivity contribution in [1.29, 1.82) is 0 Å². The maximum atomic E-state index is 12.5. The number of aromatic hydroxyl groups is 1. The predicted octanol–water partition coefficient (Wildman–Crippen LogP) is 3.53. The molecule has 2 saturated heterocycles. The van der Waals surface area contributed by atoms with Gasteiger partial charge in [0.2, 0.25) is 0 Å². The number of hydrogen-bond donors (Lipinski definition) is 1. The van der Waals surface area contributed by atoms with Gasteiger partial charge in [-0.3, -0.25) is 10.1 Å². The minimum atomic E-state index is -0.598. The highest BCUT2D eigenvalue weighted by Gasteiger charge is 2.50. The summed E-state index contributed by atoms with van der Waals surface area (Å²) < 4.78 is 5.53. The molecule has 2 aliphatic heterocycles. The normalized spacial score (nSPS) is 25.3. The van der Waals surface area contributed by atoms with Gasteiger partial charge in [0.05, 0.1) is 11.0 Å². The van der Waals surface area contributed by atoms with Crippen molar-refractivity contribution >= 4 is 17.5 Å². The fourth-order valence-electron chi connectivity index (χ4n) is 4.18. The van der Waals surface area contributed by atoms with Gasteiger partial charge in [-0.15, -0.1) is 0 Å². The minimum absolute atomic E-state index is 0.0691. The molecule has 0 radical (unpaired) electrons. The monoisotopic (exact) mass is 377 g/mol. The van der Waals surface area contributed by atoms with Crippen LogP contribution in [0.3, 0.4) is 0 Å². The van der Waals surface area contributed by atoms with Crippen molar-refractivity contribution in [2.24, 2.45) is 5.41 Å². The third-order valence-electron chi connectivity index (χ3n) is 5.41. The van der Waals surface area contributed by atoms with Gasteiger partial charge in [0.15, 0.2) is 5.75 Å². The topological polar surface area (TPSA) is 96.2 Å². The predicted molar refractivity (Wildman–Crippen MR) is 101 cm³/mol. The molecule has 0 aromatic heterocycles. The molecule has 2 heterocycles. The molecular formula is C19H27N3O5. The Hall–Kier alpha value is -2.51. The Morgan fingerprint density at radius 3 is 2.70 bits per heavy atom. The summed E-state index contributed by atoms with van der Waals surface area (Å²) in [6, 6.07) is 4.51. The number of nitrogens with zero attached hydrogens (tertiary/aromatic N) is 3. The fourth-order valence-corrected chi connectivity index (χ4v) is 4.18. The molecule has 0 spiro atoms. The first kappa shape index (κ1) is 19.3. The number of hydrogen-bond acceptors (Lipinski definition) is 6. The average Bonchev–Trinajstić information content (AvgIpc) is 2.90. The van der Waals surface area contributed by atoms with Crippen molar-refractivity contribution in [2.75, 3.05) is 24.5 Å². The molecule has 1 aromatic carbocycles. The Morgan fingerprint density at radius 1 is 1.41 bits per heavy atom. The van der Waals surface area contributed by atoms with Crippen LogP contribution in [0, 0.1) is 15.5 Å². The molecule has 1 aromatic rings. The molecule has 27 heavy (non-hydrogen) atoms. The first-order valence-corrected chi connectivity index (χ1v) is 9.22. The molecule has 2 atom stereocenters. The highest BCUT2D eigenvalue weighted by molar-refractivity contribution is 5.69. The molecule has 1 amide bonds. The maximum Gasteiger partial charge on any atom is 0.410 e. The fraction of sp³-hybridized carbons (Fsp3) is 0.632. The van der Waals surface area contributed by atoms with Crippen LogP contribution in [0.25, 0.3) is 0 Å². The van der Waals surface area contributed by atoms with Crippen LogP contribution in [0.15, 0.2) is 18.2 Å². The van der Waals surface area contributed by atoms with Crippen molar-refractivity contribution in [3.05, 3.63) is 28.3 Å². The number of phenols is 1. The number of ether oxygens (including phenoxy) is 1. The van der Waals surface area contributed by atoms with E-state index in [1.165, 1.54) is 12.1 Å². The third-order valence-corrected chi connectivity index (χ3v) is 5.41. The van der Waals surface area contributed by atoms with Crippen LogP contribution in [-0.2, 0) is 4.74 Å². The summed E-state index contributed by atoms with van der Waals surface area (Å²) in [6.45, 7) is 9.63. The second-order valence-corrected chi connectivity index (χ2v) is 8.76. The van der Waals surface area contributed by atoms with Crippen LogP contribution in [0.1, 0.15) is 40.5 Å². The van der Waals surface area contributed by atoms with E-state index in [1.54, 1.807) is 11.0 Å². The zero-order chi connectivity index (χ0) is 20.0. The SMILES string of the molecule is CC(C)(C)OC(=O)N1C[C@H]2N(c3ccc([N+](=O)[O-])c(O)c3)CCC[C@@]2(C)C1. The first-order chi connectivity index (χ1) is 12.5. The Balaban J connectivity index is 1.84. The number of benzene rings is 1. The molecule has 0 bridgehead atoms. The van der Waals surface area contributed by atoms with E-state index in [-0.39, 0.29) is 29.0 Å². The van der Waals surface area contributed by atoms with E-state index in [0.29, 0.717) is 13.1 Å². The summed E-state index contributed by atoms with van der Waals surface area (Å²) in [5, 5.41) is 21.0. The zero-order valence-electron chi connectivity index (χ0n) is 16.3. The number of fused-ring (bicyclic) bond motifs is 1. The second kappa shape index (κ2) is 6.58. The number of phenolic OH excluding ortho intramolecular Hbond substituents is 1. The number of anilines is 1. The molecule has 2 fully saturated rings. The van der Waals surface area contributed by atoms with Gasteiger partial charge in [0.1, 0.15) is 5.60 Å². The molecule has 148 valence electrons. The van der Waals surface area contributed by atoms with E-state index in [4.69, 9.17) is 4.74 Å². The Labute approximate surface area is 158 Å². The van der Waals surface area contributed by atoms with Gasteiger partial charge in [0.25, 0.3) is 0 Å². The Bertz CT molecular complexity index is 760. The van der Waals surface area contributed by atoms with Crippen LogP contribution in [0.4, 0.5) is 16.2 Å². The van der Waals surface area contributed by atoms with Crippen LogP contribution >= 0.6 is 0 Å². The van der Waals surface area contributed by atoms with E-state index in [1.807, 2.05) is 20.8 Å². The lowest BCUT2D eigenvalue weighted by molar-refractivity contribution is -0.385. The first-order valence-electron chi connectivity index (χ1n) is 9.22. The lowest BCUT2D eigenvalue weighted by Crippen LogP contribution is -2.50. The zero-order valence-corrected chi connectivity index (χ0v) is 16.3. The molecular weight excluding hydrogens is 350 g/mol. The van der Waals surface area contributed by atoms with Crippen LogP contribution in [0.5, 0.6) is 5.75 Å². The van der Waals surface area contributed by atoms with Crippen molar-refractivity contribution in [3.8, 4) is 5.75 Å². The van der Waals surface area contributed by atoms with Crippen LogP contribution < -0.4 is 4.90 Å². The minimum Gasteiger partial charge on any atom is -0.502 e. The van der Waals surface area contributed by atoms with Crippen LogP contribution in [0.2, 0.25) is 0 Å². The lowest BCUT2D eigenvalue weighted by Gasteiger charge is -2.44. The summed E-state index contributed by atoms with van der Waals surface area (Å²) in [4.78, 5) is 26.8. The number of amides is 1. The van der Waals surface area contributed by atoms with Crippen molar-refractivity contribution < 1.29 is 19.6 Å².